The van der Waals surface area contributed by atoms with Crippen LogP contribution in [-0.2, 0) is 23.2 Å². The van der Waals surface area contributed by atoms with Gasteiger partial charge in [-0.2, -0.15) is 0 Å². The van der Waals surface area contributed by atoms with E-state index in [1.807, 2.05) is 6.56 Å². The fourth-order valence-corrected chi connectivity index (χ4v) is 6.65. The zero-order valence-corrected chi connectivity index (χ0v) is 15.4. The van der Waals surface area contributed by atoms with Crippen molar-refractivity contribution in [1.82, 2.24) is 0 Å². The minimum atomic E-state index is -0.484. The van der Waals surface area contributed by atoms with Crippen molar-refractivity contribution in [2.24, 2.45) is 0 Å². The van der Waals surface area contributed by atoms with Gasteiger partial charge in [-0.1, -0.05) is 0 Å². The van der Waals surface area contributed by atoms with Gasteiger partial charge in [0.1, 0.15) is 0 Å². The van der Waals surface area contributed by atoms with Gasteiger partial charge in [0.25, 0.3) is 0 Å². The summed E-state index contributed by atoms with van der Waals surface area (Å²) < 4.78 is 3.68. The van der Waals surface area contributed by atoms with E-state index in [1.54, 1.807) is 22.3 Å². The molecule has 0 unspecified atom stereocenters. The van der Waals surface area contributed by atoms with Crippen LogP contribution < -0.4 is 0 Å². The molecular weight excluding hydrogens is 307 g/mol. The Labute approximate surface area is 130 Å². The number of hydrogen-bond acceptors (Lipinski definition) is 0. The Morgan fingerprint density at radius 1 is 0.842 bits per heavy atom. The van der Waals surface area contributed by atoms with Crippen molar-refractivity contribution >= 4 is 0 Å². The van der Waals surface area contributed by atoms with Crippen LogP contribution in [0, 0.1) is 0 Å². The van der Waals surface area contributed by atoms with Gasteiger partial charge in [0.2, 0.25) is 0 Å². The summed E-state index contributed by atoms with van der Waals surface area (Å²) in [5.41, 5.74) is 6.63. The molecular formula is C18H26Zr. The van der Waals surface area contributed by atoms with Gasteiger partial charge in [0, 0.05) is 0 Å². The molecule has 2 aliphatic carbocycles. The molecule has 0 atom stereocenters. The fraction of sp³-hybridized carbons (Fsp3) is 0.556. The summed E-state index contributed by atoms with van der Waals surface area (Å²) in [5.74, 6) is 0. The normalized spacial score (nSPS) is 19.2. The molecule has 19 heavy (non-hydrogen) atoms. The zero-order valence-electron chi connectivity index (χ0n) is 12.9. The molecule has 0 aromatic heterocycles. The second kappa shape index (κ2) is 7.03. The van der Waals surface area contributed by atoms with E-state index in [0.717, 1.165) is 0 Å². The Morgan fingerprint density at radius 2 is 1.26 bits per heavy atom. The summed E-state index contributed by atoms with van der Waals surface area (Å²) in [7, 11) is 0. The van der Waals surface area contributed by atoms with Crippen LogP contribution in [0.4, 0.5) is 0 Å². The Kier molecular flexibility index (Phi) is 5.63. The fourth-order valence-electron chi connectivity index (χ4n) is 3.04. The summed E-state index contributed by atoms with van der Waals surface area (Å²) >= 11 is -0.484. The van der Waals surface area contributed by atoms with Gasteiger partial charge in [0.15, 0.2) is 0 Å². The Balaban J connectivity index is 2.04. The summed E-state index contributed by atoms with van der Waals surface area (Å²) in [4.78, 5) is 0. The van der Waals surface area contributed by atoms with Crippen molar-refractivity contribution in [3.05, 3.63) is 41.0 Å². The van der Waals surface area contributed by atoms with Gasteiger partial charge in [0.05, 0.1) is 0 Å². The zero-order chi connectivity index (χ0) is 13.8. The second-order valence-corrected chi connectivity index (χ2v) is 9.28. The topological polar surface area (TPSA) is 0 Å². The van der Waals surface area contributed by atoms with Crippen molar-refractivity contribution in [3.8, 4) is 0 Å². The third-order valence-electron chi connectivity index (χ3n) is 4.31. The maximum atomic E-state index is 2.50. The monoisotopic (exact) mass is 332 g/mol. The average molecular weight is 334 g/mol. The Morgan fingerprint density at radius 3 is 1.63 bits per heavy atom. The molecule has 0 nitrogen and oxygen atoms in total. The predicted octanol–water partition coefficient (Wildman–Crippen LogP) is 5.88. The molecule has 0 fully saturated rings. The van der Waals surface area contributed by atoms with Crippen molar-refractivity contribution in [2.45, 2.75) is 66.2 Å². The SMILES string of the molecule is CCCC1=CC[C]([Zr][C]2=C(C)C(CCC)=CC2)=C1C. The van der Waals surface area contributed by atoms with Crippen molar-refractivity contribution < 1.29 is 23.2 Å². The van der Waals surface area contributed by atoms with E-state index in [0.29, 0.717) is 0 Å². The van der Waals surface area contributed by atoms with Crippen LogP contribution in [-0.4, -0.2) is 0 Å². The van der Waals surface area contributed by atoms with Crippen LogP contribution in [0.15, 0.2) is 41.0 Å². The summed E-state index contributed by atoms with van der Waals surface area (Å²) in [5, 5.41) is 0. The molecule has 0 aliphatic heterocycles. The average Bonchev–Trinajstić information content (AvgIpc) is 2.90. The van der Waals surface area contributed by atoms with Crippen LogP contribution in [0.3, 0.4) is 0 Å². The molecule has 1 heteroatoms. The molecule has 0 aromatic rings. The second-order valence-electron chi connectivity index (χ2n) is 5.70. The molecule has 2 rings (SSSR count). The predicted molar refractivity (Wildman–Crippen MR) is 80.6 cm³/mol. The number of hydrogen-bond donors (Lipinski definition) is 0. The molecule has 0 amide bonds. The van der Waals surface area contributed by atoms with E-state index < -0.39 is 23.2 Å². The summed E-state index contributed by atoms with van der Waals surface area (Å²) in [6, 6.07) is 0. The molecule has 0 bridgehead atoms. The Bertz CT molecular complexity index is 428. The first-order valence-corrected chi connectivity index (χ1v) is 10.2. The van der Waals surface area contributed by atoms with Gasteiger partial charge >= 0.3 is 130 Å². The standard InChI is InChI=1S/2C9H13.Zr/c2*1-3-5-9-7-4-6-8(9)2;/h2*7H,3-5H2,1-2H3;. The molecule has 0 radical (unpaired) electrons. The van der Waals surface area contributed by atoms with Crippen LogP contribution in [0.5, 0.6) is 0 Å². The third-order valence-corrected chi connectivity index (χ3v) is 8.64. The number of allylic oxidation sites excluding steroid dienone is 8. The third kappa shape index (κ3) is 3.49. The molecule has 0 N–H and O–H groups in total. The van der Waals surface area contributed by atoms with E-state index in [9.17, 15) is 0 Å². The first-order valence-electron chi connectivity index (χ1n) is 7.72. The van der Waals surface area contributed by atoms with E-state index in [2.05, 4.69) is 39.8 Å². The molecule has 0 saturated heterocycles. The first-order chi connectivity index (χ1) is 9.17. The minimum absolute atomic E-state index is 0.484. The molecule has 2 aliphatic rings. The van der Waals surface area contributed by atoms with E-state index in [1.165, 1.54) is 38.5 Å². The van der Waals surface area contributed by atoms with Gasteiger partial charge in [-0.3, -0.25) is 0 Å². The quantitative estimate of drug-likeness (QED) is 0.569. The van der Waals surface area contributed by atoms with Crippen LogP contribution in [0.2, 0.25) is 0 Å². The van der Waals surface area contributed by atoms with Gasteiger partial charge in [-0.05, 0) is 0 Å². The molecule has 102 valence electrons. The van der Waals surface area contributed by atoms with E-state index >= 15 is 0 Å². The molecule has 0 heterocycles. The molecule has 0 aromatic carbocycles. The van der Waals surface area contributed by atoms with Crippen molar-refractivity contribution in [2.75, 3.05) is 0 Å². The Hall–Kier alpha value is -0.157. The molecule has 0 spiro atoms. The van der Waals surface area contributed by atoms with E-state index in [4.69, 9.17) is 0 Å². The summed E-state index contributed by atoms with van der Waals surface area (Å²) in [6.07, 6.45) is 12.7. The van der Waals surface area contributed by atoms with Crippen molar-refractivity contribution in [1.29, 1.82) is 0 Å². The van der Waals surface area contributed by atoms with Crippen molar-refractivity contribution in [3.63, 3.8) is 0 Å². The number of rotatable bonds is 6. The van der Waals surface area contributed by atoms with Crippen LogP contribution >= 0.6 is 0 Å². The van der Waals surface area contributed by atoms with Gasteiger partial charge < -0.3 is 0 Å². The summed E-state index contributed by atoms with van der Waals surface area (Å²) in [6.45, 7) is 9.32. The molecule has 0 saturated carbocycles. The maximum absolute atomic E-state index is 2.50. The van der Waals surface area contributed by atoms with Crippen LogP contribution in [0.25, 0.3) is 0 Å². The van der Waals surface area contributed by atoms with E-state index in [-0.39, 0.29) is 0 Å². The van der Waals surface area contributed by atoms with Gasteiger partial charge in [-0.25, -0.2) is 0 Å². The van der Waals surface area contributed by atoms with Crippen LogP contribution in [0.1, 0.15) is 66.2 Å². The van der Waals surface area contributed by atoms with Gasteiger partial charge in [-0.15, -0.1) is 0 Å². The first kappa shape index (κ1) is 15.2.